The molecular weight excluding hydrogens is 384 g/mol. The minimum Gasteiger partial charge on any atom is -0.444 e. The van der Waals surface area contributed by atoms with Gasteiger partial charge in [-0.2, -0.15) is 0 Å². The molecule has 0 spiro atoms. The van der Waals surface area contributed by atoms with Crippen LogP contribution in [0.5, 0.6) is 5.75 Å². The average Bonchev–Trinajstić information content (AvgIpc) is 3.25. The SMILES string of the molecule is CC(C)(C)OC(=O)N1CCC(C)(c2cc(/C=C(\N)c3ccccc3OO)c(N)[nH]2)C1. The smallest absolute Gasteiger partial charge is 0.410 e. The number of para-hydroxylation sites is 1. The Morgan fingerprint density at radius 3 is 2.70 bits per heavy atom. The molecule has 30 heavy (non-hydrogen) atoms. The lowest BCUT2D eigenvalue weighted by Crippen LogP contribution is -2.37. The highest BCUT2D eigenvalue weighted by Crippen LogP contribution is 2.36. The van der Waals surface area contributed by atoms with Gasteiger partial charge in [0, 0.05) is 41.0 Å². The highest BCUT2D eigenvalue weighted by molar-refractivity contribution is 5.84. The number of ether oxygens (including phenoxy) is 1. The minimum absolute atomic E-state index is 0.260. The number of aromatic nitrogens is 1. The molecule has 1 aliphatic rings. The Labute approximate surface area is 176 Å². The summed E-state index contributed by atoms with van der Waals surface area (Å²) in [6.07, 6.45) is 2.21. The first-order valence-corrected chi connectivity index (χ1v) is 9.87. The van der Waals surface area contributed by atoms with Crippen LogP contribution < -0.4 is 16.4 Å². The lowest BCUT2D eigenvalue weighted by molar-refractivity contribution is -0.137. The molecule has 8 heteroatoms. The summed E-state index contributed by atoms with van der Waals surface area (Å²) in [6.45, 7) is 8.80. The van der Waals surface area contributed by atoms with Crippen molar-refractivity contribution >= 4 is 23.7 Å². The molecule has 0 bridgehead atoms. The minimum atomic E-state index is -0.531. The number of nitrogens with two attached hydrogens (primary N) is 2. The number of nitrogen functional groups attached to an aromatic ring is 1. The number of nitrogens with one attached hydrogen (secondary N) is 1. The van der Waals surface area contributed by atoms with E-state index in [2.05, 4.69) is 16.8 Å². The first-order chi connectivity index (χ1) is 14.0. The maximum absolute atomic E-state index is 12.4. The third kappa shape index (κ3) is 4.54. The molecule has 1 aromatic heterocycles. The Kier molecular flexibility index (Phi) is 5.72. The Morgan fingerprint density at radius 1 is 1.33 bits per heavy atom. The van der Waals surface area contributed by atoms with Crippen LogP contribution in [0, 0.1) is 0 Å². The van der Waals surface area contributed by atoms with Crippen molar-refractivity contribution in [2.75, 3.05) is 18.8 Å². The van der Waals surface area contributed by atoms with Crippen molar-refractivity contribution < 1.29 is 19.7 Å². The standard InChI is InChI=1S/C22H30N4O4/c1-21(2,3)29-20(27)26-10-9-22(4,13-26)18-12-14(19(24)25-18)11-16(23)15-7-5-6-8-17(15)30-28/h5-8,11-12,25,28H,9-10,13,23-24H2,1-4H3/b16-11-. The van der Waals surface area contributed by atoms with Gasteiger partial charge in [0.15, 0.2) is 5.75 Å². The van der Waals surface area contributed by atoms with Crippen molar-refractivity contribution in [3.05, 3.63) is 47.2 Å². The van der Waals surface area contributed by atoms with Gasteiger partial charge >= 0.3 is 6.09 Å². The zero-order valence-electron chi connectivity index (χ0n) is 17.9. The van der Waals surface area contributed by atoms with Crippen molar-refractivity contribution in [3.8, 4) is 5.75 Å². The van der Waals surface area contributed by atoms with Crippen LogP contribution in [0.4, 0.5) is 10.6 Å². The van der Waals surface area contributed by atoms with E-state index >= 15 is 0 Å². The topological polar surface area (TPSA) is 127 Å². The molecule has 1 unspecified atom stereocenters. The second-order valence-electron chi connectivity index (χ2n) is 8.95. The second-order valence-corrected chi connectivity index (χ2v) is 8.95. The summed E-state index contributed by atoms with van der Waals surface area (Å²) in [6, 6.07) is 8.85. The van der Waals surface area contributed by atoms with Gasteiger partial charge in [0.05, 0.1) is 0 Å². The molecule has 1 aliphatic heterocycles. The first kappa shape index (κ1) is 21.6. The number of likely N-dealkylation sites (tertiary alicyclic amines) is 1. The maximum atomic E-state index is 12.4. The summed E-state index contributed by atoms with van der Waals surface area (Å²) < 4.78 is 5.50. The first-order valence-electron chi connectivity index (χ1n) is 9.87. The van der Waals surface area contributed by atoms with Crippen LogP contribution in [0.1, 0.15) is 50.9 Å². The van der Waals surface area contributed by atoms with Gasteiger partial charge in [-0.3, -0.25) is 0 Å². The van der Waals surface area contributed by atoms with Gasteiger partial charge in [0.1, 0.15) is 11.4 Å². The lowest BCUT2D eigenvalue weighted by Gasteiger charge is -2.26. The normalized spacial score (nSPS) is 19.8. The molecule has 1 aromatic carbocycles. The van der Waals surface area contributed by atoms with Crippen molar-refractivity contribution in [2.24, 2.45) is 5.73 Å². The van der Waals surface area contributed by atoms with Crippen LogP contribution in [0.3, 0.4) is 0 Å². The quantitative estimate of drug-likeness (QED) is 0.445. The van der Waals surface area contributed by atoms with E-state index in [1.54, 1.807) is 35.2 Å². The summed E-state index contributed by atoms with van der Waals surface area (Å²) in [5.74, 6) is 0.739. The molecule has 1 fully saturated rings. The van der Waals surface area contributed by atoms with Crippen LogP contribution in [-0.2, 0) is 10.2 Å². The monoisotopic (exact) mass is 414 g/mol. The van der Waals surface area contributed by atoms with Crippen molar-refractivity contribution in [1.29, 1.82) is 0 Å². The van der Waals surface area contributed by atoms with Gasteiger partial charge in [-0.1, -0.05) is 19.1 Å². The fourth-order valence-electron chi connectivity index (χ4n) is 3.62. The van der Waals surface area contributed by atoms with Crippen molar-refractivity contribution in [3.63, 3.8) is 0 Å². The molecule has 0 radical (unpaired) electrons. The Morgan fingerprint density at radius 2 is 2.03 bits per heavy atom. The highest BCUT2D eigenvalue weighted by atomic mass is 17.1. The molecule has 2 heterocycles. The summed E-state index contributed by atoms with van der Waals surface area (Å²) >= 11 is 0. The fraction of sp³-hybridized carbons (Fsp3) is 0.409. The van der Waals surface area contributed by atoms with Crippen LogP contribution >= 0.6 is 0 Å². The average molecular weight is 415 g/mol. The number of benzene rings is 1. The van der Waals surface area contributed by atoms with Gasteiger partial charge < -0.3 is 31.0 Å². The summed E-state index contributed by atoms with van der Waals surface area (Å²) in [4.78, 5) is 21.8. The van der Waals surface area contributed by atoms with E-state index < -0.39 is 5.60 Å². The third-order valence-electron chi connectivity index (χ3n) is 5.26. The molecule has 1 amide bonds. The number of H-pyrrole nitrogens is 1. The Hall–Kier alpha value is -3.13. The molecule has 162 valence electrons. The van der Waals surface area contributed by atoms with Crippen molar-refractivity contribution in [1.82, 2.24) is 9.88 Å². The highest BCUT2D eigenvalue weighted by Gasteiger charge is 2.40. The molecule has 0 aliphatic carbocycles. The van der Waals surface area contributed by atoms with Crippen LogP contribution in [0.15, 0.2) is 30.3 Å². The van der Waals surface area contributed by atoms with E-state index in [9.17, 15) is 4.79 Å². The number of carbonyl (C=O) groups excluding carboxylic acids is 1. The van der Waals surface area contributed by atoms with Crippen molar-refractivity contribution in [2.45, 2.75) is 45.1 Å². The van der Waals surface area contributed by atoms with Crippen LogP contribution in [-0.4, -0.2) is 39.9 Å². The summed E-state index contributed by atoms with van der Waals surface area (Å²) in [5.41, 5.74) is 14.2. The molecule has 1 atom stereocenters. The van der Waals surface area contributed by atoms with E-state index in [1.165, 1.54) is 0 Å². The molecule has 1 saturated heterocycles. The van der Waals surface area contributed by atoms with Crippen LogP contribution in [0.25, 0.3) is 11.8 Å². The molecule has 3 rings (SSSR count). The Bertz CT molecular complexity index is 960. The number of hydrogen-bond donors (Lipinski definition) is 4. The van der Waals surface area contributed by atoms with E-state index in [-0.39, 0.29) is 17.3 Å². The van der Waals surface area contributed by atoms with Gasteiger partial charge in [0.25, 0.3) is 0 Å². The predicted molar refractivity (Wildman–Crippen MR) is 117 cm³/mol. The molecule has 8 nitrogen and oxygen atoms in total. The van der Waals surface area contributed by atoms with Gasteiger partial charge in [-0.15, -0.1) is 0 Å². The second kappa shape index (κ2) is 7.95. The summed E-state index contributed by atoms with van der Waals surface area (Å²) in [5, 5.41) is 9.05. The summed E-state index contributed by atoms with van der Waals surface area (Å²) in [7, 11) is 0. The number of rotatable bonds is 4. The van der Waals surface area contributed by atoms with E-state index in [0.29, 0.717) is 30.2 Å². The fourth-order valence-corrected chi connectivity index (χ4v) is 3.62. The predicted octanol–water partition coefficient (Wildman–Crippen LogP) is 3.80. The van der Waals surface area contributed by atoms with E-state index in [4.69, 9.17) is 21.5 Å². The largest absolute Gasteiger partial charge is 0.444 e. The Balaban J connectivity index is 1.81. The van der Waals surface area contributed by atoms with Gasteiger partial charge in [0.2, 0.25) is 0 Å². The van der Waals surface area contributed by atoms with Crippen LogP contribution in [0.2, 0.25) is 0 Å². The number of anilines is 1. The van der Waals surface area contributed by atoms with E-state index in [1.807, 2.05) is 26.8 Å². The van der Waals surface area contributed by atoms with E-state index in [0.717, 1.165) is 17.7 Å². The molecule has 0 saturated carbocycles. The maximum Gasteiger partial charge on any atom is 0.410 e. The molecular formula is C22H30N4O4. The van der Waals surface area contributed by atoms with Gasteiger partial charge in [-0.25, -0.2) is 10.1 Å². The van der Waals surface area contributed by atoms with Gasteiger partial charge in [-0.05, 0) is 51.5 Å². The zero-order valence-corrected chi connectivity index (χ0v) is 17.9. The third-order valence-corrected chi connectivity index (χ3v) is 5.26. The number of amides is 1. The number of hydrogen-bond acceptors (Lipinski definition) is 6. The lowest BCUT2D eigenvalue weighted by atomic mass is 9.86. The number of nitrogens with zero attached hydrogens (tertiary/aromatic N) is 1. The zero-order chi connectivity index (χ0) is 22.1. The number of aromatic amines is 1. The number of carbonyl (C=O) groups is 1. The molecule has 2 aromatic rings. The molecule has 6 N–H and O–H groups in total.